The maximum atomic E-state index is 12.7. The highest BCUT2D eigenvalue weighted by Gasteiger charge is 2.75. The van der Waals surface area contributed by atoms with E-state index in [4.69, 9.17) is 0 Å². The van der Waals surface area contributed by atoms with E-state index in [0.29, 0.717) is 0 Å². The zero-order valence-electron chi connectivity index (χ0n) is 11.3. The molecule has 0 N–H and O–H groups in total. The van der Waals surface area contributed by atoms with Gasteiger partial charge in [0.1, 0.15) is 0 Å². The Morgan fingerprint density at radius 2 is 0.792 bits per heavy atom. The van der Waals surface area contributed by atoms with E-state index in [2.05, 4.69) is 9.47 Å². The fraction of sp³-hybridized carbons (Fsp3) is 0.889. The quantitative estimate of drug-likeness (QED) is 0.478. The standard InChI is InChI=1S/C9H6F12O3/c1-4(10,11)6(14,15)8(18,19)23-3(22)24-9(20,21)7(16,17)5(2,12)13/h1-2H3. The Kier molecular flexibility index (Phi) is 5.38. The van der Waals surface area contributed by atoms with Crippen LogP contribution in [0.3, 0.4) is 0 Å². The van der Waals surface area contributed by atoms with Crippen LogP contribution in [0.25, 0.3) is 0 Å². The lowest BCUT2D eigenvalue weighted by Gasteiger charge is -2.31. The molecular formula is C9H6F12O3. The summed E-state index contributed by atoms with van der Waals surface area (Å²) in [6, 6.07) is 0. The second kappa shape index (κ2) is 5.75. The molecule has 0 aliphatic heterocycles. The van der Waals surface area contributed by atoms with Gasteiger partial charge in [-0.15, -0.1) is 0 Å². The minimum absolute atomic E-state index is 0.768. The van der Waals surface area contributed by atoms with E-state index >= 15 is 0 Å². The molecule has 0 aromatic heterocycles. The molecule has 0 rings (SSSR count). The van der Waals surface area contributed by atoms with E-state index in [1.807, 2.05) is 0 Å². The van der Waals surface area contributed by atoms with Crippen molar-refractivity contribution >= 4 is 6.16 Å². The number of halogens is 12. The van der Waals surface area contributed by atoms with Gasteiger partial charge in [0.2, 0.25) is 0 Å². The van der Waals surface area contributed by atoms with Gasteiger partial charge in [0.25, 0.3) is 0 Å². The SMILES string of the molecule is CC(F)(F)C(F)(F)C(F)(F)OC(=O)OC(F)(F)C(F)(F)C(C)(F)F. The summed E-state index contributed by atoms with van der Waals surface area (Å²) in [4.78, 5) is 10.5. The third-order valence-electron chi connectivity index (χ3n) is 2.26. The van der Waals surface area contributed by atoms with Crippen molar-refractivity contribution < 1.29 is 67.0 Å². The summed E-state index contributed by atoms with van der Waals surface area (Å²) >= 11 is 0. The molecule has 0 amide bonds. The summed E-state index contributed by atoms with van der Waals surface area (Å²) in [5.74, 6) is -24.0. The normalized spacial score (nSPS) is 15.2. The average Bonchev–Trinajstić information content (AvgIpc) is 2.22. The van der Waals surface area contributed by atoms with Crippen molar-refractivity contribution in [1.82, 2.24) is 0 Å². The number of carbonyl (C=O) groups is 1. The molecule has 0 atom stereocenters. The van der Waals surface area contributed by atoms with Crippen LogP contribution in [0.2, 0.25) is 0 Å². The average molecular weight is 390 g/mol. The van der Waals surface area contributed by atoms with Crippen molar-refractivity contribution in [2.75, 3.05) is 0 Å². The lowest BCUT2D eigenvalue weighted by Crippen LogP contribution is -2.57. The predicted octanol–water partition coefficient (Wildman–Crippen LogP) is 4.91. The summed E-state index contributed by atoms with van der Waals surface area (Å²) in [6.07, 6.45) is -16.7. The van der Waals surface area contributed by atoms with E-state index < -0.39 is 55.9 Å². The summed E-state index contributed by atoms with van der Waals surface area (Å²) < 4.78 is 155. The van der Waals surface area contributed by atoms with Crippen LogP contribution in [0.15, 0.2) is 0 Å². The van der Waals surface area contributed by atoms with Crippen LogP contribution in [-0.2, 0) is 9.47 Å². The molecule has 15 heteroatoms. The van der Waals surface area contributed by atoms with E-state index in [1.54, 1.807) is 0 Å². The summed E-state index contributed by atoms with van der Waals surface area (Å²) in [6.45, 7) is -1.54. The van der Waals surface area contributed by atoms with Gasteiger partial charge >= 0.3 is 42.1 Å². The number of hydrogen-bond acceptors (Lipinski definition) is 3. The molecular weight excluding hydrogens is 384 g/mol. The molecule has 0 radical (unpaired) electrons. The number of ether oxygens (including phenoxy) is 2. The number of hydrogen-bond donors (Lipinski definition) is 0. The minimum atomic E-state index is -6.50. The van der Waals surface area contributed by atoms with Crippen LogP contribution in [0.1, 0.15) is 13.8 Å². The van der Waals surface area contributed by atoms with Crippen molar-refractivity contribution in [1.29, 1.82) is 0 Å². The highest BCUT2D eigenvalue weighted by molar-refractivity contribution is 5.61. The Bertz CT molecular complexity index is 433. The maximum Gasteiger partial charge on any atom is 0.518 e. The molecule has 0 unspecified atom stereocenters. The molecule has 0 aromatic rings. The molecule has 0 aliphatic carbocycles. The van der Waals surface area contributed by atoms with E-state index in [9.17, 15) is 57.5 Å². The summed E-state index contributed by atoms with van der Waals surface area (Å²) in [7, 11) is 0. The third-order valence-corrected chi connectivity index (χ3v) is 2.26. The van der Waals surface area contributed by atoms with E-state index in [0.717, 1.165) is 0 Å². The molecule has 24 heavy (non-hydrogen) atoms. The lowest BCUT2D eigenvalue weighted by molar-refractivity contribution is -0.403. The Morgan fingerprint density at radius 1 is 0.583 bits per heavy atom. The van der Waals surface area contributed by atoms with Crippen molar-refractivity contribution in [2.24, 2.45) is 0 Å². The first-order chi connectivity index (χ1) is 10.1. The third kappa shape index (κ3) is 3.91. The van der Waals surface area contributed by atoms with Gasteiger partial charge in [-0.2, -0.15) is 52.7 Å². The summed E-state index contributed by atoms with van der Waals surface area (Å²) in [5.41, 5.74) is 0. The second-order valence-electron chi connectivity index (χ2n) is 4.41. The van der Waals surface area contributed by atoms with Gasteiger partial charge in [0.05, 0.1) is 0 Å². The Labute approximate surface area is 124 Å². The predicted molar refractivity (Wildman–Crippen MR) is 48.6 cm³/mol. The molecule has 144 valence electrons. The first-order valence-corrected chi connectivity index (χ1v) is 5.29. The van der Waals surface area contributed by atoms with Crippen LogP contribution < -0.4 is 0 Å². The monoisotopic (exact) mass is 390 g/mol. The number of alkyl halides is 12. The minimum Gasteiger partial charge on any atom is -0.363 e. The van der Waals surface area contributed by atoms with Crippen LogP contribution in [0, 0.1) is 0 Å². The van der Waals surface area contributed by atoms with Crippen molar-refractivity contribution in [2.45, 2.75) is 49.8 Å². The highest BCUT2D eigenvalue weighted by atomic mass is 19.4. The first-order valence-electron chi connectivity index (χ1n) is 5.29. The molecule has 0 saturated heterocycles. The molecule has 0 spiro atoms. The van der Waals surface area contributed by atoms with Crippen LogP contribution in [0.4, 0.5) is 57.5 Å². The van der Waals surface area contributed by atoms with Crippen LogP contribution in [-0.4, -0.2) is 42.1 Å². The highest BCUT2D eigenvalue weighted by Crippen LogP contribution is 2.48. The van der Waals surface area contributed by atoms with Gasteiger partial charge in [-0.05, 0) is 0 Å². The smallest absolute Gasteiger partial charge is 0.363 e. The summed E-state index contributed by atoms with van der Waals surface area (Å²) in [5, 5.41) is 0. The largest absolute Gasteiger partial charge is 0.518 e. The molecule has 0 aromatic carbocycles. The fourth-order valence-corrected chi connectivity index (χ4v) is 0.869. The molecule has 0 fully saturated rings. The van der Waals surface area contributed by atoms with E-state index in [1.165, 1.54) is 0 Å². The lowest BCUT2D eigenvalue weighted by atomic mass is 10.2. The van der Waals surface area contributed by atoms with Crippen LogP contribution in [0.5, 0.6) is 0 Å². The Balaban J connectivity index is 5.36. The van der Waals surface area contributed by atoms with Gasteiger partial charge in [0, 0.05) is 13.8 Å². The van der Waals surface area contributed by atoms with Gasteiger partial charge in [0.15, 0.2) is 0 Å². The van der Waals surface area contributed by atoms with Gasteiger partial charge in [-0.1, -0.05) is 0 Å². The topological polar surface area (TPSA) is 35.5 Å². The second-order valence-corrected chi connectivity index (χ2v) is 4.41. The molecule has 3 nitrogen and oxygen atoms in total. The van der Waals surface area contributed by atoms with Crippen LogP contribution >= 0.6 is 0 Å². The molecule has 0 heterocycles. The number of carbonyl (C=O) groups excluding carboxylic acids is 1. The van der Waals surface area contributed by atoms with Crippen molar-refractivity contribution in [3.8, 4) is 0 Å². The molecule has 0 bridgehead atoms. The maximum absolute atomic E-state index is 12.7. The molecule has 0 aliphatic rings. The van der Waals surface area contributed by atoms with Crippen molar-refractivity contribution in [3.05, 3.63) is 0 Å². The fourth-order valence-electron chi connectivity index (χ4n) is 0.869. The Morgan fingerprint density at radius 3 is 0.958 bits per heavy atom. The van der Waals surface area contributed by atoms with Gasteiger partial charge < -0.3 is 9.47 Å². The van der Waals surface area contributed by atoms with Gasteiger partial charge in [-0.3, -0.25) is 0 Å². The first kappa shape index (κ1) is 22.4. The number of rotatable bonds is 6. The zero-order chi connectivity index (χ0) is 20.0. The van der Waals surface area contributed by atoms with Crippen molar-refractivity contribution in [3.63, 3.8) is 0 Å². The Hall–Kier alpha value is -1.57. The van der Waals surface area contributed by atoms with E-state index in [-0.39, 0.29) is 0 Å². The van der Waals surface area contributed by atoms with Gasteiger partial charge in [-0.25, -0.2) is 4.79 Å². The zero-order valence-corrected chi connectivity index (χ0v) is 11.3. The molecule has 0 saturated carbocycles.